The number of H-pyrrole nitrogens is 1. The Morgan fingerprint density at radius 3 is 1.41 bits per heavy atom. The van der Waals surface area contributed by atoms with Crippen LogP contribution < -0.4 is 0 Å². The maximum atomic E-state index is 3.54. The quantitative estimate of drug-likeness (QED) is 0.141. The highest BCUT2D eigenvalue weighted by atomic mass is 32.1. The van der Waals surface area contributed by atoms with E-state index >= 15 is 0 Å². The van der Waals surface area contributed by atoms with Crippen LogP contribution >= 0.6 is 22.7 Å². The molecule has 0 saturated heterocycles. The summed E-state index contributed by atoms with van der Waals surface area (Å²) in [5, 5.41) is 6.92. The van der Waals surface area contributed by atoms with Crippen LogP contribution in [-0.2, 0) is 12.8 Å². The summed E-state index contributed by atoms with van der Waals surface area (Å²) >= 11 is 4.05. The Bertz CT molecular complexity index is 2960. The molecule has 0 atom stereocenters. The van der Waals surface area contributed by atoms with Crippen molar-refractivity contribution in [2.75, 3.05) is 0 Å². The second-order valence-corrected chi connectivity index (χ2v) is 26.5. The lowest BCUT2D eigenvalue weighted by Gasteiger charge is -2.17. The van der Waals surface area contributed by atoms with Crippen molar-refractivity contribution in [3.05, 3.63) is 175 Å². The van der Waals surface area contributed by atoms with E-state index < -0.39 is 0 Å². The van der Waals surface area contributed by atoms with E-state index in [1.807, 2.05) is 11.3 Å². The number of hydrogen-bond donors (Lipinski definition) is 1. The Hall–Kier alpha value is -4.90. The lowest BCUT2D eigenvalue weighted by Crippen LogP contribution is -2.06. The summed E-state index contributed by atoms with van der Waals surface area (Å²) in [6.07, 6.45) is 4.07. The summed E-state index contributed by atoms with van der Waals surface area (Å²) in [5.74, 6) is 5.61. The topological polar surface area (TPSA) is 20.7 Å². The molecule has 0 aliphatic heterocycles. The summed E-state index contributed by atoms with van der Waals surface area (Å²) in [6.45, 7) is 45.6. The smallest absolute Gasteiger partial charge is 0.0485 e. The van der Waals surface area contributed by atoms with Crippen LogP contribution in [0.2, 0.25) is 0 Å². The van der Waals surface area contributed by atoms with Gasteiger partial charge in [0, 0.05) is 53.2 Å². The first kappa shape index (κ1) is 61.9. The fraction of sp³-hybridized carbons (Fsp3) is 0.472. The zero-order valence-electron chi connectivity index (χ0n) is 50.1. The highest BCUT2D eigenvalue weighted by Gasteiger charge is 2.25. The van der Waals surface area contributed by atoms with Crippen molar-refractivity contribution >= 4 is 65.3 Å². The minimum absolute atomic E-state index is 0. The van der Waals surface area contributed by atoms with Gasteiger partial charge in [0.1, 0.15) is 0 Å². The molecule has 0 radical (unpaired) electrons. The van der Waals surface area contributed by atoms with Crippen molar-refractivity contribution in [2.45, 2.75) is 224 Å². The van der Waals surface area contributed by atoms with E-state index in [4.69, 9.17) is 0 Å². The number of thiophene rings is 2. The third-order valence-electron chi connectivity index (χ3n) is 14.9. The van der Waals surface area contributed by atoms with Gasteiger partial charge in [-0.05, 0) is 166 Å². The predicted octanol–water partition coefficient (Wildman–Crippen LogP) is 24.1. The first-order valence-corrected chi connectivity index (χ1v) is 30.5. The molecule has 4 aromatic heterocycles. The summed E-state index contributed by atoms with van der Waals surface area (Å²) in [7, 11) is 0. The molecular formula is C72H100N2S2. The largest absolute Gasteiger partial charge is 0.358 e. The van der Waals surface area contributed by atoms with E-state index in [2.05, 4.69) is 275 Å². The zero-order chi connectivity index (χ0) is 55.0. The molecule has 0 spiro atoms. The van der Waals surface area contributed by atoms with Gasteiger partial charge < -0.3 is 9.55 Å². The Labute approximate surface area is 471 Å². The molecule has 1 N–H and O–H groups in total. The average molecular weight is 1060 g/mol. The SMILES string of the molecule is C.CC(C)c1[nH]c2ccccc2c1C(C)C.CC(C)c1cc2ccccc2cc1C(C)C.CC(C)c1cc2ccccc2n1C(C)C.CC(C)c1sc2c(c1C(C)C)CCC2.CC(C)c1sc2ccccc2c1C(C)C. The zero-order valence-corrected chi connectivity index (χ0v) is 51.8. The number of aromatic amines is 1. The van der Waals surface area contributed by atoms with E-state index in [9.17, 15) is 0 Å². The van der Waals surface area contributed by atoms with Gasteiger partial charge in [-0.3, -0.25) is 0 Å². The van der Waals surface area contributed by atoms with E-state index in [1.165, 1.54) is 90.0 Å². The van der Waals surface area contributed by atoms with Crippen molar-refractivity contribution in [1.82, 2.24) is 9.55 Å². The van der Waals surface area contributed by atoms with Crippen molar-refractivity contribution in [2.24, 2.45) is 0 Å². The number of benzene rings is 5. The number of aromatic nitrogens is 2. The van der Waals surface area contributed by atoms with Gasteiger partial charge in [-0.1, -0.05) is 223 Å². The maximum Gasteiger partial charge on any atom is 0.0485 e. The Morgan fingerprint density at radius 1 is 0.421 bits per heavy atom. The third kappa shape index (κ3) is 14.4. The lowest BCUT2D eigenvalue weighted by atomic mass is 9.88. The van der Waals surface area contributed by atoms with Crippen molar-refractivity contribution in [3.63, 3.8) is 0 Å². The van der Waals surface area contributed by atoms with Crippen LogP contribution in [0.4, 0.5) is 0 Å². The molecule has 1 aliphatic rings. The minimum Gasteiger partial charge on any atom is -0.358 e. The molecule has 9 aromatic rings. The molecule has 0 fully saturated rings. The maximum absolute atomic E-state index is 3.54. The summed E-state index contributed by atoms with van der Waals surface area (Å²) < 4.78 is 3.88. The van der Waals surface area contributed by atoms with Gasteiger partial charge in [-0.2, -0.15) is 0 Å². The highest BCUT2D eigenvalue weighted by Crippen LogP contribution is 2.43. The Kier molecular flexibility index (Phi) is 22.5. The molecule has 0 amide bonds. The Morgan fingerprint density at radius 2 is 0.908 bits per heavy atom. The van der Waals surface area contributed by atoms with Gasteiger partial charge in [0.25, 0.3) is 0 Å². The van der Waals surface area contributed by atoms with Crippen molar-refractivity contribution in [3.8, 4) is 0 Å². The molecule has 4 heteroatoms. The number of nitrogens with zero attached hydrogens (tertiary/aromatic N) is 1. The van der Waals surface area contributed by atoms with E-state index in [-0.39, 0.29) is 7.43 Å². The fourth-order valence-corrected chi connectivity index (χ4v) is 14.3. The second kappa shape index (κ2) is 27.6. The number of aryl methyl sites for hydroxylation is 1. The van der Waals surface area contributed by atoms with Crippen LogP contribution in [-0.4, -0.2) is 9.55 Å². The molecule has 0 unspecified atom stereocenters. The summed E-state index contributed by atoms with van der Waals surface area (Å²) in [5.41, 5.74) is 14.9. The van der Waals surface area contributed by atoms with Gasteiger partial charge in [-0.25, -0.2) is 0 Å². The van der Waals surface area contributed by atoms with E-state index in [0.29, 0.717) is 59.3 Å². The van der Waals surface area contributed by atoms with E-state index in [0.717, 1.165) is 0 Å². The van der Waals surface area contributed by atoms with Crippen LogP contribution in [0.15, 0.2) is 115 Å². The van der Waals surface area contributed by atoms with Crippen molar-refractivity contribution < 1.29 is 0 Å². The monoisotopic (exact) mass is 1060 g/mol. The number of para-hydroxylation sites is 2. The van der Waals surface area contributed by atoms with Gasteiger partial charge in [0.15, 0.2) is 0 Å². The van der Waals surface area contributed by atoms with Gasteiger partial charge in [0.05, 0.1) is 0 Å². The first-order chi connectivity index (χ1) is 35.5. The first-order valence-electron chi connectivity index (χ1n) is 28.9. The lowest BCUT2D eigenvalue weighted by molar-refractivity contribution is 0.577. The van der Waals surface area contributed by atoms with E-state index in [1.54, 1.807) is 31.3 Å². The normalized spacial score (nSPS) is 12.3. The number of hydrogen-bond acceptors (Lipinski definition) is 2. The second-order valence-electron chi connectivity index (χ2n) is 24.3. The van der Waals surface area contributed by atoms with Gasteiger partial charge in [0.2, 0.25) is 0 Å². The summed E-state index contributed by atoms with van der Waals surface area (Å²) in [4.78, 5) is 8.46. The molecular weight excluding hydrogens is 957 g/mol. The van der Waals surface area contributed by atoms with Crippen LogP contribution in [0.1, 0.15) is 271 Å². The molecule has 0 bridgehead atoms. The van der Waals surface area contributed by atoms with Gasteiger partial charge >= 0.3 is 0 Å². The van der Waals surface area contributed by atoms with Gasteiger partial charge in [-0.15, -0.1) is 22.7 Å². The van der Waals surface area contributed by atoms with Crippen LogP contribution in [0.5, 0.6) is 0 Å². The number of fused-ring (bicyclic) bond motifs is 5. The highest BCUT2D eigenvalue weighted by molar-refractivity contribution is 7.19. The molecule has 76 heavy (non-hydrogen) atoms. The van der Waals surface area contributed by atoms with Crippen LogP contribution in [0.25, 0.3) is 42.7 Å². The molecule has 0 saturated carbocycles. The fourth-order valence-electron chi connectivity index (χ4n) is 11.4. The molecule has 410 valence electrons. The molecule has 1 aliphatic carbocycles. The average Bonchev–Trinajstić information content (AvgIpc) is 4.20. The standard InChI is InChI=1S/C16H20.2C14H19N.C14H18S.C13H20S.CH4/c1-11(2)15-9-13-7-5-6-8-14(13)10-16(15)12(3)4;1-10(2)14-9-12-7-5-6-8-13(12)15(14)11(3)4;2*1-9(2)13-11-7-5-6-8-12(11)15-14(13)10(3)4;1-8(2)12-10-6-5-7-11(10)14-13(12)9(3)4;/h5-12H,1-4H3;5-11H,1-4H3;5-10,15H,1-4H3;5-10H,1-4H3;8-9H,5-7H2,1-4H3;1H4. The minimum atomic E-state index is 0. The molecule has 4 heterocycles. The van der Waals surface area contributed by atoms with Crippen molar-refractivity contribution in [1.29, 1.82) is 0 Å². The van der Waals surface area contributed by atoms with Crippen LogP contribution in [0.3, 0.4) is 0 Å². The van der Waals surface area contributed by atoms with Crippen LogP contribution in [0, 0.1) is 0 Å². The predicted molar refractivity (Wildman–Crippen MR) is 346 cm³/mol. The molecule has 5 aromatic carbocycles. The Balaban J connectivity index is 0.000000175. The molecule has 10 rings (SSSR count). The molecule has 2 nitrogen and oxygen atoms in total. The number of nitrogens with one attached hydrogen (secondary N) is 1. The summed E-state index contributed by atoms with van der Waals surface area (Å²) in [6, 6.07) is 42.2. The third-order valence-corrected chi connectivity index (χ3v) is 18.0. The number of rotatable bonds is 10.